The summed E-state index contributed by atoms with van der Waals surface area (Å²) in [5.41, 5.74) is 6.48. The molecule has 1 amide bonds. The van der Waals surface area contributed by atoms with E-state index in [1.54, 1.807) is 7.11 Å². The van der Waals surface area contributed by atoms with Crippen molar-refractivity contribution in [2.24, 2.45) is 17.6 Å². The second-order valence-corrected chi connectivity index (χ2v) is 4.75. The van der Waals surface area contributed by atoms with E-state index in [0.29, 0.717) is 12.5 Å². The van der Waals surface area contributed by atoms with E-state index in [1.165, 1.54) is 0 Å². The van der Waals surface area contributed by atoms with E-state index in [0.717, 1.165) is 30.7 Å². The number of rotatable bonds is 4. The third kappa shape index (κ3) is 2.82. The molecule has 4 nitrogen and oxygen atoms in total. The summed E-state index contributed by atoms with van der Waals surface area (Å²) in [6, 6.07) is 7.41. The number of ether oxygens (including phenoxy) is 1. The van der Waals surface area contributed by atoms with E-state index in [4.69, 9.17) is 10.5 Å². The summed E-state index contributed by atoms with van der Waals surface area (Å²) >= 11 is 0. The van der Waals surface area contributed by atoms with Gasteiger partial charge in [0.1, 0.15) is 5.75 Å². The first kappa shape index (κ1) is 12.9. The van der Waals surface area contributed by atoms with Crippen LogP contribution in [0.25, 0.3) is 0 Å². The van der Waals surface area contributed by atoms with Gasteiger partial charge < -0.3 is 15.8 Å². The van der Waals surface area contributed by atoms with Gasteiger partial charge in [0.15, 0.2) is 0 Å². The Kier molecular flexibility index (Phi) is 4.20. The van der Waals surface area contributed by atoms with Gasteiger partial charge in [-0.05, 0) is 37.4 Å². The van der Waals surface area contributed by atoms with Crippen LogP contribution in [0.5, 0.6) is 5.75 Å². The molecule has 0 saturated heterocycles. The molecule has 1 fully saturated rings. The molecule has 0 heterocycles. The van der Waals surface area contributed by atoms with E-state index >= 15 is 0 Å². The topological polar surface area (TPSA) is 64.3 Å². The Morgan fingerprint density at radius 3 is 3.06 bits per heavy atom. The Morgan fingerprint density at radius 2 is 2.33 bits per heavy atom. The van der Waals surface area contributed by atoms with Gasteiger partial charge in [0.25, 0.3) is 0 Å². The van der Waals surface area contributed by atoms with Gasteiger partial charge in [-0.15, -0.1) is 0 Å². The van der Waals surface area contributed by atoms with Crippen molar-refractivity contribution in [3.05, 3.63) is 24.3 Å². The molecule has 0 bridgehead atoms. The van der Waals surface area contributed by atoms with Crippen LogP contribution in [0.2, 0.25) is 0 Å². The summed E-state index contributed by atoms with van der Waals surface area (Å²) in [5, 5.41) is 2.95. The van der Waals surface area contributed by atoms with Crippen molar-refractivity contribution >= 4 is 11.6 Å². The summed E-state index contributed by atoms with van der Waals surface area (Å²) in [5.74, 6) is 1.21. The molecule has 0 radical (unpaired) electrons. The molecule has 98 valence electrons. The van der Waals surface area contributed by atoms with Crippen LogP contribution in [0.4, 0.5) is 5.69 Å². The molecule has 1 saturated carbocycles. The largest absolute Gasteiger partial charge is 0.497 e. The second kappa shape index (κ2) is 5.87. The average molecular weight is 248 g/mol. The molecule has 4 heteroatoms. The zero-order valence-corrected chi connectivity index (χ0v) is 10.7. The number of benzene rings is 1. The summed E-state index contributed by atoms with van der Waals surface area (Å²) in [7, 11) is 1.61. The van der Waals surface area contributed by atoms with Crippen molar-refractivity contribution in [2.75, 3.05) is 19.0 Å². The average Bonchev–Trinajstić information content (AvgIpc) is 2.87. The molecule has 0 spiro atoms. The number of hydrogen-bond donors (Lipinski definition) is 2. The van der Waals surface area contributed by atoms with Crippen LogP contribution in [0.3, 0.4) is 0 Å². The third-order valence-corrected chi connectivity index (χ3v) is 3.64. The lowest BCUT2D eigenvalue weighted by Crippen LogP contribution is -2.29. The van der Waals surface area contributed by atoms with Gasteiger partial charge in [-0.1, -0.05) is 12.5 Å². The van der Waals surface area contributed by atoms with Crippen LogP contribution in [0.15, 0.2) is 24.3 Å². The van der Waals surface area contributed by atoms with E-state index in [9.17, 15) is 4.79 Å². The molecule has 0 aromatic heterocycles. The summed E-state index contributed by atoms with van der Waals surface area (Å²) in [6.45, 7) is 0.593. The molecular formula is C14H20N2O2. The number of methoxy groups -OCH3 is 1. The number of hydrogen-bond acceptors (Lipinski definition) is 3. The summed E-state index contributed by atoms with van der Waals surface area (Å²) in [4.78, 5) is 12.2. The number of amides is 1. The monoisotopic (exact) mass is 248 g/mol. The molecule has 1 aromatic carbocycles. The first-order chi connectivity index (χ1) is 8.74. The Bertz CT molecular complexity index is 420. The van der Waals surface area contributed by atoms with Crippen LogP contribution in [0, 0.1) is 11.8 Å². The first-order valence-electron chi connectivity index (χ1n) is 6.39. The second-order valence-electron chi connectivity index (χ2n) is 4.75. The molecule has 2 rings (SSSR count). The van der Waals surface area contributed by atoms with Crippen molar-refractivity contribution in [1.82, 2.24) is 0 Å². The predicted molar refractivity (Wildman–Crippen MR) is 71.5 cm³/mol. The lowest BCUT2D eigenvalue weighted by atomic mass is 9.95. The Balaban J connectivity index is 2.02. The van der Waals surface area contributed by atoms with Crippen molar-refractivity contribution < 1.29 is 9.53 Å². The molecule has 2 atom stereocenters. The smallest absolute Gasteiger partial charge is 0.227 e. The fourth-order valence-corrected chi connectivity index (χ4v) is 2.60. The molecule has 18 heavy (non-hydrogen) atoms. The molecule has 3 N–H and O–H groups in total. The van der Waals surface area contributed by atoms with Crippen LogP contribution < -0.4 is 15.8 Å². The van der Waals surface area contributed by atoms with E-state index < -0.39 is 0 Å². The minimum atomic E-state index is 0.0567. The minimum absolute atomic E-state index is 0.0567. The molecule has 1 aliphatic carbocycles. The van der Waals surface area contributed by atoms with Crippen LogP contribution in [-0.4, -0.2) is 19.6 Å². The van der Waals surface area contributed by atoms with Gasteiger partial charge in [-0.25, -0.2) is 0 Å². The maximum absolute atomic E-state index is 12.2. The van der Waals surface area contributed by atoms with Crippen LogP contribution >= 0.6 is 0 Å². The highest BCUT2D eigenvalue weighted by Gasteiger charge is 2.31. The molecule has 2 unspecified atom stereocenters. The van der Waals surface area contributed by atoms with Gasteiger partial charge in [0.2, 0.25) is 5.91 Å². The van der Waals surface area contributed by atoms with Crippen molar-refractivity contribution in [3.63, 3.8) is 0 Å². The fraction of sp³-hybridized carbons (Fsp3) is 0.500. The predicted octanol–water partition coefficient (Wildman–Crippen LogP) is 2.01. The van der Waals surface area contributed by atoms with Gasteiger partial charge >= 0.3 is 0 Å². The zero-order valence-electron chi connectivity index (χ0n) is 10.7. The number of nitrogens with one attached hydrogen (secondary N) is 1. The number of nitrogens with two attached hydrogens (primary N) is 1. The molecule has 0 aliphatic heterocycles. The molecule has 1 aromatic rings. The van der Waals surface area contributed by atoms with E-state index in [-0.39, 0.29) is 11.8 Å². The Labute approximate surface area is 108 Å². The van der Waals surface area contributed by atoms with Gasteiger partial charge in [0, 0.05) is 17.7 Å². The van der Waals surface area contributed by atoms with Crippen LogP contribution in [0.1, 0.15) is 19.3 Å². The first-order valence-corrected chi connectivity index (χ1v) is 6.39. The standard InChI is InChI=1S/C14H20N2O2/c1-18-12-6-3-5-11(8-12)16-14(17)13-7-2-4-10(13)9-15/h3,5-6,8,10,13H,2,4,7,9,15H2,1H3,(H,16,17). The van der Waals surface area contributed by atoms with Gasteiger partial charge in [0.05, 0.1) is 7.11 Å². The van der Waals surface area contributed by atoms with Crippen molar-refractivity contribution in [3.8, 4) is 5.75 Å². The fourth-order valence-electron chi connectivity index (χ4n) is 2.60. The SMILES string of the molecule is COc1cccc(NC(=O)C2CCCC2CN)c1. The maximum Gasteiger partial charge on any atom is 0.227 e. The highest BCUT2D eigenvalue weighted by Crippen LogP contribution is 2.32. The zero-order chi connectivity index (χ0) is 13.0. The lowest BCUT2D eigenvalue weighted by Gasteiger charge is -2.17. The van der Waals surface area contributed by atoms with Crippen molar-refractivity contribution in [1.29, 1.82) is 0 Å². The maximum atomic E-state index is 12.2. The van der Waals surface area contributed by atoms with Crippen LogP contribution in [-0.2, 0) is 4.79 Å². The number of carbonyl (C=O) groups is 1. The Morgan fingerprint density at radius 1 is 1.50 bits per heavy atom. The van der Waals surface area contributed by atoms with E-state index in [2.05, 4.69) is 5.32 Å². The minimum Gasteiger partial charge on any atom is -0.497 e. The normalized spacial score (nSPS) is 22.8. The summed E-state index contributed by atoms with van der Waals surface area (Å²) in [6.07, 6.45) is 3.10. The highest BCUT2D eigenvalue weighted by atomic mass is 16.5. The Hall–Kier alpha value is -1.55. The third-order valence-electron chi connectivity index (χ3n) is 3.64. The molecule has 1 aliphatic rings. The van der Waals surface area contributed by atoms with Crippen molar-refractivity contribution in [2.45, 2.75) is 19.3 Å². The number of carbonyl (C=O) groups excluding carboxylic acids is 1. The summed E-state index contributed by atoms with van der Waals surface area (Å²) < 4.78 is 5.13. The number of anilines is 1. The van der Waals surface area contributed by atoms with Gasteiger partial charge in [-0.3, -0.25) is 4.79 Å². The highest BCUT2D eigenvalue weighted by molar-refractivity contribution is 5.93. The quantitative estimate of drug-likeness (QED) is 0.856. The lowest BCUT2D eigenvalue weighted by molar-refractivity contribution is -0.120. The van der Waals surface area contributed by atoms with E-state index in [1.807, 2.05) is 24.3 Å². The molecular weight excluding hydrogens is 228 g/mol. The van der Waals surface area contributed by atoms with Gasteiger partial charge in [-0.2, -0.15) is 0 Å².